The van der Waals surface area contributed by atoms with E-state index in [1.807, 2.05) is 13.8 Å². The Morgan fingerprint density at radius 1 is 1.35 bits per heavy atom. The number of nitrogens with one attached hydrogen (secondary N) is 1. The number of hydrazone groups is 1. The Balaban J connectivity index is 2.83. The molecule has 4 heteroatoms. The summed E-state index contributed by atoms with van der Waals surface area (Å²) in [4.78, 5) is 0. The van der Waals surface area contributed by atoms with E-state index in [0.29, 0.717) is 5.92 Å². The maximum Gasteiger partial charge on any atom is 0.184 e. The molecule has 0 amide bonds. The number of hydrogen-bond acceptors (Lipinski definition) is 2. The summed E-state index contributed by atoms with van der Waals surface area (Å²) >= 11 is 4.79. The van der Waals surface area contributed by atoms with Crippen molar-refractivity contribution < 1.29 is 0 Å². The Kier molecular flexibility index (Phi) is 6.39. The van der Waals surface area contributed by atoms with Gasteiger partial charge in [-0.1, -0.05) is 42.3 Å². The molecule has 0 aliphatic carbocycles. The average Bonchev–Trinajstić information content (AvgIpc) is 2.36. The molecule has 0 radical (unpaired) electrons. The molecule has 0 bridgehead atoms. The van der Waals surface area contributed by atoms with Crippen LogP contribution in [0, 0.1) is 6.92 Å². The van der Waals surface area contributed by atoms with E-state index in [1.54, 1.807) is 0 Å². The van der Waals surface area contributed by atoms with E-state index in [0.717, 1.165) is 12.1 Å². The molecule has 108 valence electrons. The van der Waals surface area contributed by atoms with Crippen LogP contribution in [-0.2, 0) is 0 Å². The molecule has 0 saturated carbocycles. The minimum absolute atomic E-state index is 0.188. The lowest BCUT2D eigenvalue weighted by Crippen LogP contribution is -2.25. The number of allylic oxidation sites excluding steroid dienone is 2. The number of thiocarbonyl (C=S) groups is 1. The molecular weight excluding hydrogens is 266 g/mol. The SMILES string of the molecule is CC(C)=C/C(CC(C)c1ccc(C)cc1)=N\NC(N)=S. The first-order valence-corrected chi connectivity index (χ1v) is 7.12. The summed E-state index contributed by atoms with van der Waals surface area (Å²) in [7, 11) is 0. The molecular formula is C16H23N3S. The largest absolute Gasteiger partial charge is 0.375 e. The predicted octanol–water partition coefficient (Wildman–Crippen LogP) is 3.64. The van der Waals surface area contributed by atoms with E-state index in [-0.39, 0.29) is 5.11 Å². The highest BCUT2D eigenvalue weighted by Gasteiger charge is 2.08. The van der Waals surface area contributed by atoms with Crippen molar-refractivity contribution in [1.82, 2.24) is 5.43 Å². The van der Waals surface area contributed by atoms with Gasteiger partial charge in [-0.25, -0.2) is 0 Å². The summed E-state index contributed by atoms with van der Waals surface area (Å²) in [6.07, 6.45) is 2.89. The minimum atomic E-state index is 0.188. The second-order valence-electron chi connectivity index (χ2n) is 5.32. The van der Waals surface area contributed by atoms with Crippen LogP contribution >= 0.6 is 12.2 Å². The van der Waals surface area contributed by atoms with E-state index in [1.165, 1.54) is 16.7 Å². The van der Waals surface area contributed by atoms with E-state index in [9.17, 15) is 0 Å². The van der Waals surface area contributed by atoms with Gasteiger partial charge in [0.05, 0.1) is 5.71 Å². The molecule has 1 unspecified atom stereocenters. The first kappa shape index (κ1) is 16.4. The zero-order valence-corrected chi connectivity index (χ0v) is 13.4. The molecule has 3 nitrogen and oxygen atoms in total. The van der Waals surface area contributed by atoms with Gasteiger partial charge in [-0.2, -0.15) is 5.10 Å². The fourth-order valence-corrected chi connectivity index (χ4v) is 1.97. The van der Waals surface area contributed by atoms with Gasteiger partial charge in [0.1, 0.15) is 0 Å². The van der Waals surface area contributed by atoms with Gasteiger partial charge in [0, 0.05) is 0 Å². The fourth-order valence-electron chi connectivity index (χ4n) is 1.92. The van der Waals surface area contributed by atoms with Crippen molar-refractivity contribution in [2.75, 3.05) is 0 Å². The molecule has 0 saturated heterocycles. The van der Waals surface area contributed by atoms with Crippen LogP contribution in [0.2, 0.25) is 0 Å². The lowest BCUT2D eigenvalue weighted by atomic mass is 9.94. The van der Waals surface area contributed by atoms with Gasteiger partial charge in [0.15, 0.2) is 5.11 Å². The molecule has 0 fully saturated rings. The number of rotatable bonds is 5. The van der Waals surface area contributed by atoms with Crippen molar-refractivity contribution in [1.29, 1.82) is 0 Å². The van der Waals surface area contributed by atoms with Crippen molar-refractivity contribution in [3.63, 3.8) is 0 Å². The second-order valence-corrected chi connectivity index (χ2v) is 5.76. The lowest BCUT2D eigenvalue weighted by molar-refractivity contribution is 0.798. The predicted molar refractivity (Wildman–Crippen MR) is 91.0 cm³/mol. The Morgan fingerprint density at radius 2 is 1.95 bits per heavy atom. The van der Waals surface area contributed by atoms with Crippen LogP contribution < -0.4 is 11.2 Å². The van der Waals surface area contributed by atoms with Gasteiger partial charge in [0.25, 0.3) is 0 Å². The van der Waals surface area contributed by atoms with E-state index in [2.05, 4.69) is 54.7 Å². The topological polar surface area (TPSA) is 50.4 Å². The van der Waals surface area contributed by atoms with E-state index in [4.69, 9.17) is 18.0 Å². The molecule has 0 aliphatic rings. The van der Waals surface area contributed by atoms with Crippen molar-refractivity contribution in [3.8, 4) is 0 Å². The summed E-state index contributed by atoms with van der Waals surface area (Å²) < 4.78 is 0. The first-order chi connectivity index (χ1) is 9.38. The van der Waals surface area contributed by atoms with Crippen LogP contribution in [0.1, 0.15) is 44.2 Å². The minimum Gasteiger partial charge on any atom is -0.375 e. The van der Waals surface area contributed by atoms with E-state index >= 15 is 0 Å². The van der Waals surface area contributed by atoms with Gasteiger partial charge in [0.2, 0.25) is 0 Å². The highest BCUT2D eigenvalue weighted by molar-refractivity contribution is 7.80. The Hall–Kier alpha value is -1.68. The molecule has 3 N–H and O–H groups in total. The van der Waals surface area contributed by atoms with Gasteiger partial charge in [-0.05, 0) is 57.0 Å². The van der Waals surface area contributed by atoms with Crippen LogP contribution in [0.5, 0.6) is 0 Å². The zero-order chi connectivity index (χ0) is 15.1. The van der Waals surface area contributed by atoms with Gasteiger partial charge < -0.3 is 5.73 Å². The monoisotopic (exact) mass is 289 g/mol. The molecule has 20 heavy (non-hydrogen) atoms. The van der Waals surface area contributed by atoms with Crippen LogP contribution in [0.3, 0.4) is 0 Å². The van der Waals surface area contributed by atoms with Gasteiger partial charge in [-0.15, -0.1) is 0 Å². The Bertz CT molecular complexity index is 511. The number of hydrogen-bond donors (Lipinski definition) is 2. The average molecular weight is 289 g/mol. The first-order valence-electron chi connectivity index (χ1n) is 6.72. The normalized spacial score (nSPS) is 12.7. The maximum absolute atomic E-state index is 5.42. The smallest absolute Gasteiger partial charge is 0.184 e. The fraction of sp³-hybridized carbons (Fsp3) is 0.375. The highest BCUT2D eigenvalue weighted by atomic mass is 32.1. The number of aryl methyl sites for hydroxylation is 1. The standard InChI is InChI=1S/C16H23N3S/c1-11(2)9-15(18-19-16(17)20)10-13(4)14-7-5-12(3)6-8-14/h5-9,13H,10H2,1-4H3,(H3,17,19,20)/b18-15+. The summed E-state index contributed by atoms with van der Waals surface area (Å²) in [5, 5.41) is 4.46. The van der Waals surface area contributed by atoms with Crippen LogP contribution in [-0.4, -0.2) is 10.8 Å². The molecule has 1 atom stereocenters. The van der Waals surface area contributed by atoms with Crippen molar-refractivity contribution in [2.45, 2.75) is 40.0 Å². The number of nitrogens with two attached hydrogens (primary N) is 1. The second kappa shape index (κ2) is 7.80. The van der Waals surface area contributed by atoms with Gasteiger partial charge >= 0.3 is 0 Å². The highest BCUT2D eigenvalue weighted by Crippen LogP contribution is 2.20. The maximum atomic E-state index is 5.42. The van der Waals surface area contributed by atoms with Crippen LogP contribution in [0.15, 0.2) is 41.0 Å². The summed E-state index contributed by atoms with van der Waals surface area (Å²) in [6, 6.07) is 8.61. The Morgan fingerprint density at radius 3 is 2.45 bits per heavy atom. The molecule has 0 spiro atoms. The van der Waals surface area contributed by atoms with Crippen LogP contribution in [0.25, 0.3) is 0 Å². The number of nitrogens with zero attached hydrogens (tertiary/aromatic N) is 1. The Labute approximate surface area is 127 Å². The van der Waals surface area contributed by atoms with Gasteiger partial charge in [-0.3, -0.25) is 5.43 Å². The van der Waals surface area contributed by atoms with Crippen molar-refractivity contribution in [3.05, 3.63) is 47.0 Å². The lowest BCUT2D eigenvalue weighted by Gasteiger charge is -2.13. The zero-order valence-electron chi connectivity index (χ0n) is 12.6. The third kappa shape index (κ3) is 5.97. The molecule has 1 aromatic carbocycles. The molecule has 1 rings (SSSR count). The van der Waals surface area contributed by atoms with Crippen molar-refractivity contribution in [2.24, 2.45) is 10.8 Å². The summed E-state index contributed by atoms with van der Waals surface area (Å²) in [5.41, 5.74) is 12.8. The molecule has 0 aliphatic heterocycles. The summed E-state index contributed by atoms with van der Waals surface area (Å²) in [5.74, 6) is 0.387. The third-order valence-corrected chi connectivity index (χ3v) is 3.02. The van der Waals surface area contributed by atoms with E-state index < -0.39 is 0 Å². The molecule has 1 aromatic rings. The third-order valence-electron chi connectivity index (χ3n) is 2.93. The van der Waals surface area contributed by atoms with Crippen LogP contribution in [0.4, 0.5) is 0 Å². The number of benzene rings is 1. The quantitative estimate of drug-likeness (QED) is 0.494. The van der Waals surface area contributed by atoms with Crippen molar-refractivity contribution >= 4 is 23.0 Å². The molecule has 0 aromatic heterocycles. The summed E-state index contributed by atoms with van der Waals surface area (Å²) in [6.45, 7) is 8.38. The molecule has 0 heterocycles.